The lowest BCUT2D eigenvalue weighted by Gasteiger charge is -2.10. The van der Waals surface area contributed by atoms with Gasteiger partial charge in [0.2, 0.25) is 11.8 Å². The summed E-state index contributed by atoms with van der Waals surface area (Å²) in [6.45, 7) is 3.59. The van der Waals surface area contributed by atoms with Gasteiger partial charge in [0, 0.05) is 22.0 Å². The standard InChI is InChI=1S/C20H19ClN4O3S/c1-12(26)14-6-8-16(9-7-14)23-19(27)13(2)29-20-25-24-18(28-20)11-22-17-5-3-4-15(21)10-17/h3-10,13,22H,11H2,1-2H3,(H,23,27)/t13-/m1/s1. The van der Waals surface area contributed by atoms with Gasteiger partial charge in [0.15, 0.2) is 5.78 Å². The van der Waals surface area contributed by atoms with Crippen LogP contribution in [0.3, 0.4) is 0 Å². The van der Waals surface area contributed by atoms with E-state index in [0.29, 0.717) is 33.9 Å². The second-order valence-electron chi connectivity index (χ2n) is 6.21. The number of rotatable bonds is 8. The molecule has 7 nitrogen and oxygen atoms in total. The second-order valence-corrected chi connectivity index (χ2v) is 7.94. The number of carbonyl (C=O) groups is 2. The molecule has 0 radical (unpaired) electrons. The van der Waals surface area contributed by atoms with Crippen LogP contribution in [0.25, 0.3) is 0 Å². The van der Waals surface area contributed by atoms with E-state index in [9.17, 15) is 9.59 Å². The maximum atomic E-state index is 12.4. The van der Waals surface area contributed by atoms with Crippen molar-refractivity contribution < 1.29 is 14.0 Å². The molecular weight excluding hydrogens is 412 g/mol. The smallest absolute Gasteiger partial charge is 0.277 e. The van der Waals surface area contributed by atoms with E-state index in [1.807, 2.05) is 12.1 Å². The minimum Gasteiger partial charge on any atom is -0.414 e. The first-order valence-corrected chi connectivity index (χ1v) is 10.1. The van der Waals surface area contributed by atoms with Crippen LogP contribution in [0.15, 0.2) is 58.2 Å². The molecule has 0 unspecified atom stereocenters. The van der Waals surface area contributed by atoms with Gasteiger partial charge < -0.3 is 15.1 Å². The third-order valence-electron chi connectivity index (χ3n) is 3.92. The van der Waals surface area contributed by atoms with Gasteiger partial charge in [-0.05, 0) is 56.3 Å². The summed E-state index contributed by atoms with van der Waals surface area (Å²) in [7, 11) is 0. The van der Waals surface area contributed by atoms with Gasteiger partial charge in [-0.15, -0.1) is 10.2 Å². The number of anilines is 2. The number of benzene rings is 2. The largest absolute Gasteiger partial charge is 0.414 e. The summed E-state index contributed by atoms with van der Waals surface area (Å²) in [4.78, 5) is 23.7. The lowest BCUT2D eigenvalue weighted by atomic mass is 10.1. The Morgan fingerprint density at radius 2 is 1.90 bits per heavy atom. The van der Waals surface area contributed by atoms with Crippen LogP contribution in [-0.4, -0.2) is 27.1 Å². The van der Waals surface area contributed by atoms with E-state index in [1.165, 1.54) is 18.7 Å². The number of nitrogens with one attached hydrogen (secondary N) is 2. The zero-order chi connectivity index (χ0) is 20.8. The molecule has 3 aromatic rings. The number of Topliss-reactive ketones (excluding diaryl/α,β-unsaturated/α-hetero) is 1. The van der Waals surface area contributed by atoms with Crippen molar-refractivity contribution in [1.82, 2.24) is 10.2 Å². The Kier molecular flexibility index (Phi) is 6.90. The highest BCUT2D eigenvalue weighted by molar-refractivity contribution is 8.00. The molecule has 0 spiro atoms. The molecule has 2 aromatic carbocycles. The molecule has 150 valence electrons. The number of halogens is 1. The van der Waals surface area contributed by atoms with Gasteiger partial charge in [-0.2, -0.15) is 0 Å². The number of amides is 1. The van der Waals surface area contributed by atoms with Crippen molar-refractivity contribution in [3.8, 4) is 0 Å². The van der Waals surface area contributed by atoms with E-state index in [-0.39, 0.29) is 11.7 Å². The van der Waals surface area contributed by atoms with Crippen LogP contribution in [0.2, 0.25) is 5.02 Å². The molecule has 29 heavy (non-hydrogen) atoms. The lowest BCUT2D eigenvalue weighted by molar-refractivity contribution is -0.115. The van der Waals surface area contributed by atoms with Crippen molar-refractivity contribution >= 4 is 46.4 Å². The summed E-state index contributed by atoms with van der Waals surface area (Å²) >= 11 is 7.12. The number of thioether (sulfide) groups is 1. The minimum absolute atomic E-state index is 0.0242. The number of nitrogens with zero attached hydrogens (tertiary/aromatic N) is 2. The van der Waals surface area contributed by atoms with Crippen molar-refractivity contribution in [2.45, 2.75) is 30.9 Å². The summed E-state index contributed by atoms with van der Waals surface area (Å²) in [5, 5.41) is 14.4. The maximum Gasteiger partial charge on any atom is 0.277 e. The first-order chi connectivity index (χ1) is 13.9. The number of carbonyl (C=O) groups excluding carboxylic acids is 2. The molecule has 1 atom stereocenters. The van der Waals surface area contributed by atoms with Crippen molar-refractivity contribution in [1.29, 1.82) is 0 Å². The van der Waals surface area contributed by atoms with Crippen LogP contribution in [0, 0.1) is 0 Å². The Balaban J connectivity index is 1.51. The van der Waals surface area contributed by atoms with Gasteiger partial charge in [-0.3, -0.25) is 9.59 Å². The first-order valence-electron chi connectivity index (χ1n) is 8.81. The van der Waals surface area contributed by atoms with Crippen LogP contribution in [-0.2, 0) is 11.3 Å². The Bertz CT molecular complexity index is 1010. The van der Waals surface area contributed by atoms with Gasteiger partial charge in [-0.1, -0.05) is 29.4 Å². The van der Waals surface area contributed by atoms with Crippen molar-refractivity contribution in [2.75, 3.05) is 10.6 Å². The number of hydrogen-bond acceptors (Lipinski definition) is 7. The van der Waals surface area contributed by atoms with Gasteiger partial charge in [0.1, 0.15) is 0 Å². The van der Waals surface area contributed by atoms with Gasteiger partial charge in [0.25, 0.3) is 5.22 Å². The van der Waals surface area contributed by atoms with Gasteiger partial charge >= 0.3 is 0 Å². The van der Waals surface area contributed by atoms with Crippen LogP contribution < -0.4 is 10.6 Å². The molecule has 0 fully saturated rings. The maximum absolute atomic E-state index is 12.4. The SMILES string of the molecule is CC(=O)c1ccc(NC(=O)[C@@H](C)Sc2nnc(CNc3cccc(Cl)c3)o2)cc1. The fraction of sp³-hybridized carbons (Fsp3) is 0.200. The first kappa shape index (κ1) is 20.9. The zero-order valence-electron chi connectivity index (χ0n) is 15.8. The highest BCUT2D eigenvalue weighted by Crippen LogP contribution is 2.24. The van der Waals surface area contributed by atoms with Crippen molar-refractivity contribution in [3.05, 3.63) is 65.0 Å². The monoisotopic (exact) mass is 430 g/mol. The molecule has 0 bridgehead atoms. The molecule has 9 heteroatoms. The van der Waals surface area contributed by atoms with Crippen LogP contribution in [0.1, 0.15) is 30.1 Å². The molecule has 1 heterocycles. The highest BCUT2D eigenvalue weighted by Gasteiger charge is 2.18. The molecule has 0 saturated heterocycles. The molecule has 1 aromatic heterocycles. The summed E-state index contributed by atoms with van der Waals surface area (Å²) in [5.74, 6) is 0.172. The van der Waals surface area contributed by atoms with Crippen LogP contribution >= 0.6 is 23.4 Å². The topological polar surface area (TPSA) is 97.1 Å². The van der Waals surface area contributed by atoms with Crippen molar-refractivity contribution in [3.63, 3.8) is 0 Å². The Morgan fingerprint density at radius 1 is 1.14 bits per heavy atom. The number of hydrogen-bond donors (Lipinski definition) is 2. The van der Waals surface area contributed by atoms with E-state index >= 15 is 0 Å². The lowest BCUT2D eigenvalue weighted by Crippen LogP contribution is -2.22. The van der Waals surface area contributed by atoms with E-state index < -0.39 is 5.25 Å². The predicted octanol–water partition coefficient (Wildman–Crippen LogP) is 4.66. The Labute approximate surface area is 177 Å². The minimum atomic E-state index is -0.448. The summed E-state index contributed by atoms with van der Waals surface area (Å²) in [6, 6.07) is 14.0. The molecule has 1 amide bonds. The molecular formula is C20H19ClN4O3S. The zero-order valence-corrected chi connectivity index (χ0v) is 17.4. The van der Waals surface area contributed by atoms with Crippen molar-refractivity contribution in [2.24, 2.45) is 0 Å². The number of ketones is 1. The van der Waals surface area contributed by atoms with Gasteiger partial charge in [-0.25, -0.2) is 0 Å². The predicted molar refractivity (Wildman–Crippen MR) is 113 cm³/mol. The molecule has 3 rings (SSSR count). The highest BCUT2D eigenvalue weighted by atomic mass is 35.5. The van der Waals surface area contributed by atoms with Crippen LogP contribution in [0.4, 0.5) is 11.4 Å². The fourth-order valence-corrected chi connectivity index (χ4v) is 3.26. The summed E-state index contributed by atoms with van der Waals surface area (Å²) < 4.78 is 5.58. The molecule has 2 N–H and O–H groups in total. The Hall–Kier alpha value is -2.84. The third kappa shape index (κ3) is 6.07. The summed E-state index contributed by atoms with van der Waals surface area (Å²) in [6.07, 6.45) is 0. The molecule has 0 aliphatic rings. The normalized spacial score (nSPS) is 11.7. The average Bonchev–Trinajstić information content (AvgIpc) is 3.14. The molecule has 0 saturated carbocycles. The van der Waals surface area contributed by atoms with Gasteiger partial charge in [0.05, 0.1) is 11.8 Å². The quantitative estimate of drug-likeness (QED) is 0.396. The average molecular weight is 431 g/mol. The van der Waals surface area contributed by atoms with E-state index in [2.05, 4.69) is 20.8 Å². The molecule has 0 aliphatic heterocycles. The summed E-state index contributed by atoms with van der Waals surface area (Å²) in [5.41, 5.74) is 2.05. The Morgan fingerprint density at radius 3 is 2.59 bits per heavy atom. The number of aromatic nitrogens is 2. The molecule has 0 aliphatic carbocycles. The van der Waals surface area contributed by atoms with E-state index in [1.54, 1.807) is 43.3 Å². The second kappa shape index (κ2) is 9.58. The van der Waals surface area contributed by atoms with E-state index in [0.717, 1.165) is 5.69 Å². The fourth-order valence-electron chi connectivity index (χ4n) is 2.37. The van der Waals surface area contributed by atoms with Crippen LogP contribution in [0.5, 0.6) is 0 Å². The van der Waals surface area contributed by atoms with E-state index in [4.69, 9.17) is 16.0 Å². The third-order valence-corrected chi connectivity index (χ3v) is 5.09.